The summed E-state index contributed by atoms with van der Waals surface area (Å²) < 4.78 is 0. The van der Waals surface area contributed by atoms with E-state index >= 15 is 0 Å². The number of non-ortho nitro benzene ring substituents is 1. The average Bonchev–Trinajstić information content (AvgIpc) is 2.85. The van der Waals surface area contributed by atoms with E-state index in [1.807, 2.05) is 12.3 Å². The maximum absolute atomic E-state index is 11.0. The summed E-state index contributed by atoms with van der Waals surface area (Å²) in [6.45, 7) is 2.22. The molecule has 0 aliphatic heterocycles. The van der Waals surface area contributed by atoms with Crippen LogP contribution in [0.2, 0.25) is 0 Å². The highest BCUT2D eigenvalue weighted by atomic mass is 16.6. The molecule has 4 heteroatoms. The van der Waals surface area contributed by atoms with Crippen molar-refractivity contribution in [1.29, 1.82) is 0 Å². The Kier molecular flexibility index (Phi) is 5.16. The Morgan fingerprint density at radius 2 is 1.90 bits per heavy atom. The topological polar surface area (TPSA) is 58.9 Å². The molecular weight excluding hydrogens is 252 g/mol. The molecule has 2 rings (SSSR count). The van der Waals surface area contributed by atoms with Gasteiger partial charge in [0.1, 0.15) is 5.52 Å². The van der Waals surface area contributed by atoms with Crippen LogP contribution in [0.3, 0.4) is 0 Å². The lowest BCUT2D eigenvalue weighted by Gasteiger charge is -2.01. The second kappa shape index (κ2) is 7.08. The molecule has 108 valence electrons. The second-order valence-corrected chi connectivity index (χ2v) is 5.29. The number of nitrogens with zero attached hydrogens (tertiary/aromatic N) is 1. The van der Waals surface area contributed by atoms with Gasteiger partial charge >= 0.3 is 0 Å². The SMILES string of the molecule is CCCCCCCCc1c[nH]c2c([N+](=O)[O-])cccc12. The first-order valence-electron chi connectivity index (χ1n) is 7.47. The number of para-hydroxylation sites is 1. The van der Waals surface area contributed by atoms with Gasteiger partial charge in [-0.15, -0.1) is 0 Å². The number of nitrogens with one attached hydrogen (secondary N) is 1. The van der Waals surface area contributed by atoms with Crippen LogP contribution in [0.5, 0.6) is 0 Å². The van der Waals surface area contributed by atoms with Gasteiger partial charge in [0, 0.05) is 17.6 Å². The molecular formula is C16H22N2O2. The number of aryl methyl sites for hydroxylation is 1. The Balaban J connectivity index is 1.98. The molecule has 0 bridgehead atoms. The number of nitro benzene ring substituents is 1. The summed E-state index contributed by atoms with van der Waals surface area (Å²) >= 11 is 0. The normalized spacial score (nSPS) is 11.1. The van der Waals surface area contributed by atoms with Gasteiger partial charge in [0.15, 0.2) is 0 Å². The number of hydrogen-bond acceptors (Lipinski definition) is 2. The van der Waals surface area contributed by atoms with Gasteiger partial charge in [-0.3, -0.25) is 10.1 Å². The Morgan fingerprint density at radius 1 is 1.15 bits per heavy atom. The fourth-order valence-electron chi connectivity index (χ4n) is 2.65. The zero-order valence-electron chi connectivity index (χ0n) is 12.0. The van der Waals surface area contributed by atoms with Crippen LogP contribution >= 0.6 is 0 Å². The maximum atomic E-state index is 11.0. The van der Waals surface area contributed by atoms with Crippen LogP contribution in [-0.4, -0.2) is 9.91 Å². The molecule has 0 amide bonds. The Bertz CT molecular complexity index is 575. The predicted octanol–water partition coefficient (Wildman–Crippen LogP) is 4.98. The highest BCUT2D eigenvalue weighted by Gasteiger charge is 2.14. The molecule has 0 saturated carbocycles. The molecule has 0 unspecified atom stereocenters. The first-order valence-corrected chi connectivity index (χ1v) is 7.47. The molecule has 20 heavy (non-hydrogen) atoms. The van der Waals surface area contributed by atoms with Gasteiger partial charge in [0.05, 0.1) is 4.92 Å². The van der Waals surface area contributed by atoms with E-state index in [1.165, 1.54) is 37.7 Å². The molecule has 1 heterocycles. The average molecular weight is 274 g/mol. The van der Waals surface area contributed by atoms with E-state index in [4.69, 9.17) is 0 Å². The van der Waals surface area contributed by atoms with E-state index in [9.17, 15) is 10.1 Å². The molecule has 1 aromatic carbocycles. The van der Waals surface area contributed by atoms with Gasteiger partial charge in [0.25, 0.3) is 5.69 Å². The van der Waals surface area contributed by atoms with Crippen molar-refractivity contribution in [3.05, 3.63) is 40.1 Å². The fourth-order valence-corrected chi connectivity index (χ4v) is 2.65. The summed E-state index contributed by atoms with van der Waals surface area (Å²) in [7, 11) is 0. The first kappa shape index (κ1) is 14.6. The minimum absolute atomic E-state index is 0.164. The Morgan fingerprint density at radius 3 is 2.65 bits per heavy atom. The number of benzene rings is 1. The summed E-state index contributed by atoms with van der Waals surface area (Å²) in [6, 6.07) is 5.28. The smallest absolute Gasteiger partial charge is 0.293 e. The molecule has 0 fully saturated rings. The summed E-state index contributed by atoms with van der Waals surface area (Å²) in [5, 5.41) is 12.0. The number of fused-ring (bicyclic) bond motifs is 1. The summed E-state index contributed by atoms with van der Waals surface area (Å²) in [5.41, 5.74) is 2.01. The van der Waals surface area contributed by atoms with E-state index in [2.05, 4.69) is 11.9 Å². The Hall–Kier alpha value is -1.84. The van der Waals surface area contributed by atoms with Gasteiger partial charge in [0.2, 0.25) is 0 Å². The number of hydrogen-bond donors (Lipinski definition) is 1. The van der Waals surface area contributed by atoms with E-state index in [1.54, 1.807) is 12.1 Å². The third kappa shape index (κ3) is 3.38. The number of nitro groups is 1. The van der Waals surface area contributed by atoms with Crippen LogP contribution in [0.4, 0.5) is 5.69 Å². The van der Waals surface area contributed by atoms with Gasteiger partial charge < -0.3 is 4.98 Å². The number of aromatic amines is 1. The van der Waals surface area contributed by atoms with Crippen molar-refractivity contribution in [2.45, 2.75) is 51.9 Å². The van der Waals surface area contributed by atoms with E-state index in [-0.39, 0.29) is 10.6 Å². The number of aromatic nitrogens is 1. The monoisotopic (exact) mass is 274 g/mol. The number of unbranched alkanes of at least 4 members (excludes halogenated alkanes) is 5. The Labute approximate surface area is 119 Å². The van der Waals surface area contributed by atoms with Gasteiger partial charge in [-0.1, -0.05) is 51.2 Å². The third-order valence-corrected chi connectivity index (χ3v) is 3.78. The summed E-state index contributed by atoms with van der Waals surface area (Å²) in [6.07, 6.45) is 10.5. The van der Waals surface area contributed by atoms with Crippen LogP contribution in [0.15, 0.2) is 24.4 Å². The van der Waals surface area contributed by atoms with Crippen LogP contribution in [0.25, 0.3) is 10.9 Å². The number of H-pyrrole nitrogens is 1. The lowest BCUT2D eigenvalue weighted by molar-refractivity contribution is -0.383. The third-order valence-electron chi connectivity index (χ3n) is 3.78. The minimum Gasteiger partial charge on any atom is -0.355 e. The summed E-state index contributed by atoms with van der Waals surface area (Å²) in [4.78, 5) is 13.7. The molecule has 1 N–H and O–H groups in total. The lowest BCUT2D eigenvalue weighted by Crippen LogP contribution is -1.89. The van der Waals surface area contributed by atoms with Crippen molar-refractivity contribution in [2.75, 3.05) is 0 Å². The van der Waals surface area contributed by atoms with Crippen LogP contribution in [0.1, 0.15) is 51.0 Å². The molecule has 0 aliphatic rings. The molecule has 0 radical (unpaired) electrons. The maximum Gasteiger partial charge on any atom is 0.293 e. The molecule has 2 aromatic rings. The van der Waals surface area contributed by atoms with E-state index in [0.29, 0.717) is 5.52 Å². The molecule has 0 atom stereocenters. The van der Waals surface area contributed by atoms with Crippen LogP contribution in [0, 0.1) is 10.1 Å². The van der Waals surface area contributed by atoms with Crippen molar-refractivity contribution >= 4 is 16.6 Å². The van der Waals surface area contributed by atoms with Crippen molar-refractivity contribution in [1.82, 2.24) is 4.98 Å². The molecule has 0 aliphatic carbocycles. The van der Waals surface area contributed by atoms with Gasteiger partial charge in [-0.05, 0) is 18.4 Å². The predicted molar refractivity (Wildman–Crippen MR) is 82.0 cm³/mol. The molecule has 4 nitrogen and oxygen atoms in total. The van der Waals surface area contributed by atoms with Crippen LogP contribution < -0.4 is 0 Å². The second-order valence-electron chi connectivity index (χ2n) is 5.29. The highest BCUT2D eigenvalue weighted by Crippen LogP contribution is 2.27. The van der Waals surface area contributed by atoms with Crippen molar-refractivity contribution in [2.24, 2.45) is 0 Å². The van der Waals surface area contributed by atoms with Crippen LogP contribution in [-0.2, 0) is 6.42 Å². The largest absolute Gasteiger partial charge is 0.355 e. The minimum atomic E-state index is -0.326. The standard InChI is InChI=1S/C16H22N2O2/c1-2-3-4-5-6-7-9-13-12-17-16-14(13)10-8-11-15(16)18(19)20/h8,10-12,17H,2-7,9H2,1H3. The molecule has 1 aromatic heterocycles. The van der Waals surface area contributed by atoms with Crippen molar-refractivity contribution in [3.8, 4) is 0 Å². The van der Waals surface area contributed by atoms with Gasteiger partial charge in [-0.25, -0.2) is 0 Å². The first-order chi connectivity index (χ1) is 9.74. The van der Waals surface area contributed by atoms with Crippen molar-refractivity contribution in [3.63, 3.8) is 0 Å². The lowest BCUT2D eigenvalue weighted by atomic mass is 10.0. The van der Waals surface area contributed by atoms with E-state index < -0.39 is 0 Å². The molecule has 0 saturated heterocycles. The zero-order chi connectivity index (χ0) is 14.4. The highest BCUT2D eigenvalue weighted by molar-refractivity contribution is 5.90. The summed E-state index contributed by atoms with van der Waals surface area (Å²) in [5.74, 6) is 0. The van der Waals surface area contributed by atoms with Crippen molar-refractivity contribution < 1.29 is 4.92 Å². The van der Waals surface area contributed by atoms with E-state index in [0.717, 1.165) is 18.2 Å². The van der Waals surface area contributed by atoms with Gasteiger partial charge in [-0.2, -0.15) is 0 Å². The number of rotatable bonds is 8. The zero-order valence-corrected chi connectivity index (χ0v) is 12.0. The quantitative estimate of drug-likeness (QED) is 0.419. The fraction of sp³-hybridized carbons (Fsp3) is 0.500. The molecule has 0 spiro atoms.